The van der Waals surface area contributed by atoms with Crippen LogP contribution in [0.3, 0.4) is 0 Å². The summed E-state index contributed by atoms with van der Waals surface area (Å²) in [7, 11) is 0. The van der Waals surface area contributed by atoms with Crippen molar-refractivity contribution in [1.82, 2.24) is 5.32 Å². The molecule has 17 atom stereocenters. The van der Waals surface area contributed by atoms with Gasteiger partial charge in [0.2, 0.25) is 5.91 Å². The molecule has 3 rings (SSSR count). The predicted octanol–water partition coefficient (Wildman–Crippen LogP) is 9.22. The lowest BCUT2D eigenvalue weighted by atomic mass is 9.96. The number of nitrogens with one attached hydrogen (secondary N) is 1. The van der Waals surface area contributed by atoms with E-state index >= 15 is 0 Å². The van der Waals surface area contributed by atoms with Gasteiger partial charge in [-0.2, -0.15) is 0 Å². The second-order valence-corrected chi connectivity index (χ2v) is 25.3. The molecule has 0 aliphatic carbocycles. The van der Waals surface area contributed by atoms with Gasteiger partial charge in [-0.1, -0.05) is 249 Å². The summed E-state index contributed by atoms with van der Waals surface area (Å²) in [6, 6.07) is -0.994. The van der Waals surface area contributed by atoms with Crippen molar-refractivity contribution in [2.45, 2.75) is 369 Å². The molecule has 17 unspecified atom stereocenters. The maximum atomic E-state index is 13.4. The second-order valence-electron chi connectivity index (χ2n) is 25.3. The van der Waals surface area contributed by atoms with Crippen molar-refractivity contribution in [1.29, 1.82) is 0 Å². The first-order valence-electron chi connectivity index (χ1n) is 35.2. The highest BCUT2D eigenvalue weighted by molar-refractivity contribution is 5.76. The topological polar surface area (TPSA) is 307 Å². The highest BCUT2D eigenvalue weighted by Gasteiger charge is 2.53. The number of aliphatic hydroxyl groups excluding tert-OH is 11. The number of rotatable bonds is 54. The zero-order chi connectivity index (χ0) is 64.0. The average Bonchev–Trinajstić information content (AvgIpc) is 3.70. The molecule has 3 aliphatic rings. The van der Waals surface area contributed by atoms with Crippen LogP contribution in [0.2, 0.25) is 0 Å². The van der Waals surface area contributed by atoms with Crippen LogP contribution in [0.25, 0.3) is 0 Å². The lowest BCUT2D eigenvalue weighted by Gasteiger charge is -2.48. The molecule has 0 saturated carbocycles. The number of hydrogen-bond donors (Lipinski definition) is 12. The second kappa shape index (κ2) is 51.4. The molecule has 12 N–H and O–H groups in total. The summed E-state index contributed by atoms with van der Waals surface area (Å²) >= 11 is 0. The molecule has 19 heteroatoms. The highest BCUT2D eigenvalue weighted by Crippen LogP contribution is 2.33. The van der Waals surface area contributed by atoms with E-state index in [1.807, 2.05) is 6.08 Å². The lowest BCUT2D eigenvalue weighted by molar-refractivity contribution is -0.379. The van der Waals surface area contributed by atoms with Gasteiger partial charge in [0, 0.05) is 6.42 Å². The van der Waals surface area contributed by atoms with E-state index in [9.17, 15) is 61.0 Å². The Morgan fingerprint density at radius 3 is 1.14 bits per heavy atom. The molecule has 3 aliphatic heterocycles. The largest absolute Gasteiger partial charge is 0.394 e. The number of amides is 1. The van der Waals surface area contributed by atoms with E-state index in [1.54, 1.807) is 6.08 Å². The van der Waals surface area contributed by atoms with Crippen molar-refractivity contribution >= 4 is 5.91 Å². The summed E-state index contributed by atoms with van der Waals surface area (Å²) in [6.07, 6.45) is 32.7. The minimum absolute atomic E-state index is 0.236. The smallest absolute Gasteiger partial charge is 0.220 e. The summed E-state index contributed by atoms with van der Waals surface area (Å²) in [5.74, 6) is -0.285. The molecule has 0 spiro atoms. The van der Waals surface area contributed by atoms with Crippen molar-refractivity contribution in [2.75, 3.05) is 26.4 Å². The average molecular weight is 1260 g/mol. The Balaban J connectivity index is 1.43. The summed E-state index contributed by atoms with van der Waals surface area (Å²) in [5, 5.41) is 120. The van der Waals surface area contributed by atoms with Crippen LogP contribution in [0.1, 0.15) is 264 Å². The van der Waals surface area contributed by atoms with Crippen LogP contribution < -0.4 is 5.32 Å². The van der Waals surface area contributed by atoms with Gasteiger partial charge < -0.3 is 89.9 Å². The van der Waals surface area contributed by atoms with Gasteiger partial charge in [-0.25, -0.2) is 0 Å². The fourth-order valence-corrected chi connectivity index (χ4v) is 11.9. The summed E-state index contributed by atoms with van der Waals surface area (Å²) < 4.78 is 34.3. The molecule has 3 fully saturated rings. The van der Waals surface area contributed by atoms with Crippen LogP contribution in [0.15, 0.2) is 36.5 Å². The van der Waals surface area contributed by atoms with Gasteiger partial charge in [-0.3, -0.25) is 4.79 Å². The van der Waals surface area contributed by atoms with Crippen molar-refractivity contribution in [2.24, 2.45) is 0 Å². The third-order valence-corrected chi connectivity index (χ3v) is 17.7. The molecule has 3 heterocycles. The SMILES string of the molecule is CCCCCCCCC/C=C/CC/C=C/CC/C=C/C(O)C(COC1OC(CO)C(OC2OC(CO)C(OC3OC(CO)C(O)C(O)C3O)C(O)C2O)C(O)C1O)NC(=O)CCCCCCCCCCCCCCCCCCCCCCCCCCCC. The van der Waals surface area contributed by atoms with E-state index in [4.69, 9.17) is 28.4 Å². The van der Waals surface area contributed by atoms with Gasteiger partial charge in [0.15, 0.2) is 18.9 Å². The molecule has 0 bridgehead atoms. The first-order valence-corrected chi connectivity index (χ1v) is 35.2. The van der Waals surface area contributed by atoms with Crippen LogP contribution >= 0.6 is 0 Å². The van der Waals surface area contributed by atoms with Crippen molar-refractivity contribution < 1.29 is 89.4 Å². The van der Waals surface area contributed by atoms with E-state index in [2.05, 4.69) is 43.5 Å². The van der Waals surface area contributed by atoms with Crippen LogP contribution in [0.4, 0.5) is 0 Å². The summed E-state index contributed by atoms with van der Waals surface area (Å²) in [4.78, 5) is 13.4. The standard InChI is InChI=1S/C69H127NO18/c1-3-5-7-9-11-13-15-17-19-21-22-23-24-25-26-27-28-29-31-33-35-37-39-41-43-45-47-57(75)70-52(53(74)46-44-42-40-38-36-34-32-30-20-18-16-14-12-10-8-6-4-2)51-83-67-63(81)60(78)65(55(49-72)85-67)88-69-64(82)61(79)66(56(50-73)86-69)87-68-62(80)59(77)58(76)54(48-71)84-68/h20,30,36,38,44,46,52-56,58-69,71-74,76-82H,3-19,21-29,31-35,37,39-43,45,47-51H2,1-2H3,(H,70,75)/b30-20+,38-36+,46-44+. The number of ether oxygens (including phenoxy) is 6. The van der Waals surface area contributed by atoms with Gasteiger partial charge in [0.1, 0.15) is 73.2 Å². The first kappa shape index (κ1) is 80.2. The molecular formula is C69H127NO18. The van der Waals surface area contributed by atoms with Crippen molar-refractivity contribution in [3.8, 4) is 0 Å². The molecule has 88 heavy (non-hydrogen) atoms. The van der Waals surface area contributed by atoms with E-state index in [-0.39, 0.29) is 18.9 Å². The molecule has 19 nitrogen and oxygen atoms in total. The molecule has 516 valence electrons. The Labute approximate surface area is 530 Å². The van der Waals surface area contributed by atoms with E-state index in [0.717, 1.165) is 44.9 Å². The van der Waals surface area contributed by atoms with Crippen LogP contribution in [-0.2, 0) is 33.2 Å². The number of carbonyl (C=O) groups excluding carboxylic acids is 1. The molecular weight excluding hydrogens is 1130 g/mol. The first-order chi connectivity index (χ1) is 42.8. The third-order valence-electron chi connectivity index (χ3n) is 17.7. The van der Waals surface area contributed by atoms with Gasteiger partial charge in [0.05, 0.1) is 38.6 Å². The minimum atomic E-state index is -1.98. The molecule has 1 amide bonds. The maximum Gasteiger partial charge on any atom is 0.220 e. The predicted molar refractivity (Wildman–Crippen MR) is 342 cm³/mol. The Morgan fingerprint density at radius 2 is 0.727 bits per heavy atom. The number of hydrogen-bond acceptors (Lipinski definition) is 18. The quantitative estimate of drug-likeness (QED) is 0.0199. The van der Waals surface area contributed by atoms with Gasteiger partial charge in [-0.15, -0.1) is 0 Å². The Kier molecular flexibility index (Phi) is 46.9. The number of carbonyl (C=O) groups is 1. The minimum Gasteiger partial charge on any atom is -0.394 e. The maximum absolute atomic E-state index is 13.4. The Hall–Kier alpha value is -1.99. The van der Waals surface area contributed by atoms with Crippen molar-refractivity contribution in [3.05, 3.63) is 36.5 Å². The van der Waals surface area contributed by atoms with Gasteiger partial charge in [0.25, 0.3) is 0 Å². The van der Waals surface area contributed by atoms with E-state index in [1.165, 1.54) is 186 Å². The fourth-order valence-electron chi connectivity index (χ4n) is 11.9. The fraction of sp³-hybridized carbons (Fsp3) is 0.899. The van der Waals surface area contributed by atoms with Crippen LogP contribution in [-0.4, -0.2) is 193 Å². The molecule has 0 aromatic heterocycles. The zero-order valence-electron chi connectivity index (χ0n) is 54.5. The number of aliphatic hydroxyl groups is 11. The summed E-state index contributed by atoms with van der Waals surface area (Å²) in [5.41, 5.74) is 0. The molecule has 0 aromatic rings. The summed E-state index contributed by atoms with van der Waals surface area (Å²) in [6.45, 7) is 1.72. The van der Waals surface area contributed by atoms with E-state index < -0.39 is 124 Å². The molecule has 0 radical (unpaired) electrons. The number of unbranched alkanes of at least 4 members (excludes halogenated alkanes) is 34. The Bertz CT molecular complexity index is 1740. The van der Waals surface area contributed by atoms with Crippen molar-refractivity contribution in [3.63, 3.8) is 0 Å². The van der Waals surface area contributed by atoms with Gasteiger partial charge in [-0.05, 0) is 44.9 Å². The lowest BCUT2D eigenvalue weighted by Crippen LogP contribution is -2.66. The monoisotopic (exact) mass is 1260 g/mol. The number of allylic oxidation sites excluding steroid dienone is 5. The zero-order valence-corrected chi connectivity index (χ0v) is 54.5. The third kappa shape index (κ3) is 33.2. The Morgan fingerprint density at radius 1 is 0.398 bits per heavy atom. The van der Waals surface area contributed by atoms with E-state index in [0.29, 0.717) is 12.8 Å². The van der Waals surface area contributed by atoms with Crippen LogP contribution in [0, 0.1) is 0 Å². The highest BCUT2D eigenvalue weighted by atomic mass is 16.8. The molecule has 0 aromatic carbocycles. The molecule has 3 saturated heterocycles. The van der Waals surface area contributed by atoms with Crippen LogP contribution in [0.5, 0.6) is 0 Å². The van der Waals surface area contributed by atoms with Gasteiger partial charge >= 0.3 is 0 Å². The normalized spacial score (nSPS) is 28.6.